The van der Waals surface area contributed by atoms with Crippen molar-refractivity contribution in [3.05, 3.63) is 48.3 Å². The Labute approximate surface area is 129 Å². The Morgan fingerprint density at radius 1 is 1.09 bits per heavy atom. The zero-order chi connectivity index (χ0) is 15.5. The van der Waals surface area contributed by atoms with Gasteiger partial charge in [0.15, 0.2) is 0 Å². The van der Waals surface area contributed by atoms with Crippen molar-refractivity contribution in [3.63, 3.8) is 0 Å². The lowest BCUT2D eigenvalue weighted by Crippen LogP contribution is -2.03. The van der Waals surface area contributed by atoms with Gasteiger partial charge in [0, 0.05) is 24.2 Å². The van der Waals surface area contributed by atoms with Crippen molar-refractivity contribution < 1.29 is 9.47 Å². The molecule has 0 atom stereocenters. The van der Waals surface area contributed by atoms with Gasteiger partial charge in [-0.3, -0.25) is 4.40 Å². The first-order valence-corrected chi connectivity index (χ1v) is 7.16. The van der Waals surface area contributed by atoms with Gasteiger partial charge in [-0.05, 0) is 30.8 Å². The Balaban J connectivity index is 2.21. The molecule has 1 aromatic carbocycles. The van der Waals surface area contributed by atoms with Crippen LogP contribution in [0.15, 0.2) is 42.6 Å². The van der Waals surface area contributed by atoms with E-state index in [2.05, 4.69) is 10.5 Å². The summed E-state index contributed by atoms with van der Waals surface area (Å²) in [4.78, 5) is 4.77. The molecule has 2 heterocycles. The monoisotopic (exact) mass is 297 g/mol. The number of benzene rings is 1. The number of fused-ring (bicyclic) bond motifs is 1. The topological polar surface area (TPSA) is 61.8 Å². The molecule has 3 aromatic rings. The molecule has 2 N–H and O–H groups in total. The number of imidazole rings is 1. The van der Waals surface area contributed by atoms with E-state index in [4.69, 9.17) is 20.2 Å². The number of pyridine rings is 1. The van der Waals surface area contributed by atoms with Gasteiger partial charge in [0.05, 0.1) is 25.4 Å². The summed E-state index contributed by atoms with van der Waals surface area (Å²) < 4.78 is 12.8. The molecule has 0 amide bonds. The number of hydrogen-bond donors (Lipinski definition) is 1. The Morgan fingerprint density at radius 2 is 1.82 bits per heavy atom. The molecule has 0 aliphatic carbocycles. The number of nitrogens with two attached hydrogens (primary N) is 1. The number of rotatable bonds is 5. The van der Waals surface area contributed by atoms with Gasteiger partial charge >= 0.3 is 0 Å². The van der Waals surface area contributed by atoms with Gasteiger partial charge in [-0.2, -0.15) is 0 Å². The van der Waals surface area contributed by atoms with E-state index >= 15 is 0 Å². The first-order valence-electron chi connectivity index (χ1n) is 7.16. The SMILES string of the molecule is COc1cc(OC)cc(-c2nc(CCN)c3ccccn23)c1. The summed E-state index contributed by atoms with van der Waals surface area (Å²) in [5.74, 6) is 2.33. The first kappa shape index (κ1) is 14.4. The van der Waals surface area contributed by atoms with Crippen LogP contribution in [0, 0.1) is 0 Å². The normalized spacial score (nSPS) is 10.9. The third-order valence-electron chi connectivity index (χ3n) is 3.62. The number of nitrogens with zero attached hydrogens (tertiary/aromatic N) is 2. The molecule has 3 rings (SSSR count). The van der Waals surface area contributed by atoms with Crippen LogP contribution < -0.4 is 15.2 Å². The lowest BCUT2D eigenvalue weighted by Gasteiger charge is -2.08. The molecular weight excluding hydrogens is 278 g/mol. The van der Waals surface area contributed by atoms with Crippen molar-refractivity contribution >= 4 is 5.52 Å². The summed E-state index contributed by atoms with van der Waals surface area (Å²) in [6, 6.07) is 11.8. The quantitative estimate of drug-likeness (QED) is 0.786. The van der Waals surface area contributed by atoms with Crippen molar-refractivity contribution in [1.82, 2.24) is 9.38 Å². The predicted octanol–water partition coefficient (Wildman–Crippen LogP) is 2.52. The second kappa shape index (κ2) is 6.07. The smallest absolute Gasteiger partial charge is 0.145 e. The van der Waals surface area contributed by atoms with Gasteiger partial charge in [-0.15, -0.1) is 0 Å². The maximum Gasteiger partial charge on any atom is 0.145 e. The van der Waals surface area contributed by atoms with E-state index < -0.39 is 0 Å². The lowest BCUT2D eigenvalue weighted by molar-refractivity contribution is 0.394. The van der Waals surface area contributed by atoms with Crippen molar-refractivity contribution in [2.45, 2.75) is 6.42 Å². The van der Waals surface area contributed by atoms with Gasteiger partial charge in [-0.25, -0.2) is 4.98 Å². The second-order valence-corrected chi connectivity index (χ2v) is 4.98. The van der Waals surface area contributed by atoms with E-state index in [9.17, 15) is 0 Å². The molecule has 0 fully saturated rings. The minimum atomic E-state index is 0.572. The second-order valence-electron chi connectivity index (χ2n) is 4.98. The highest BCUT2D eigenvalue weighted by Gasteiger charge is 2.13. The fourth-order valence-electron chi connectivity index (χ4n) is 2.56. The van der Waals surface area contributed by atoms with Gasteiger partial charge in [0.25, 0.3) is 0 Å². The van der Waals surface area contributed by atoms with Crippen LogP contribution in [0.25, 0.3) is 16.9 Å². The summed E-state index contributed by atoms with van der Waals surface area (Å²) in [6.07, 6.45) is 2.75. The van der Waals surface area contributed by atoms with E-state index in [1.807, 2.05) is 36.5 Å². The third-order valence-corrected chi connectivity index (χ3v) is 3.62. The van der Waals surface area contributed by atoms with E-state index in [1.165, 1.54) is 0 Å². The zero-order valence-electron chi connectivity index (χ0n) is 12.7. The fraction of sp³-hybridized carbons (Fsp3) is 0.235. The minimum Gasteiger partial charge on any atom is -0.497 e. The number of aromatic nitrogens is 2. The standard InChI is InChI=1S/C17H19N3O2/c1-21-13-9-12(10-14(11-13)22-2)17-19-15(6-7-18)16-5-3-4-8-20(16)17/h3-5,8-11H,6-7,18H2,1-2H3. The summed E-state index contributed by atoms with van der Waals surface area (Å²) in [6.45, 7) is 0.572. The van der Waals surface area contributed by atoms with Gasteiger partial charge in [0.2, 0.25) is 0 Å². The largest absolute Gasteiger partial charge is 0.497 e. The van der Waals surface area contributed by atoms with Gasteiger partial charge in [0.1, 0.15) is 17.3 Å². The third kappa shape index (κ3) is 2.51. The predicted molar refractivity (Wildman–Crippen MR) is 86.5 cm³/mol. The van der Waals surface area contributed by atoms with Crippen molar-refractivity contribution in [1.29, 1.82) is 0 Å². The summed E-state index contributed by atoms with van der Waals surface area (Å²) in [7, 11) is 3.28. The highest BCUT2D eigenvalue weighted by atomic mass is 16.5. The van der Waals surface area contributed by atoms with E-state index in [1.54, 1.807) is 14.2 Å². The van der Waals surface area contributed by atoms with Crippen molar-refractivity contribution in [3.8, 4) is 22.9 Å². The number of methoxy groups -OCH3 is 2. The summed E-state index contributed by atoms with van der Waals surface area (Å²) in [5.41, 5.74) is 8.72. The van der Waals surface area contributed by atoms with Crippen LogP contribution >= 0.6 is 0 Å². The molecule has 0 saturated carbocycles. The average molecular weight is 297 g/mol. The van der Waals surface area contributed by atoms with Crippen molar-refractivity contribution in [2.75, 3.05) is 20.8 Å². The average Bonchev–Trinajstić information content (AvgIpc) is 2.94. The van der Waals surface area contributed by atoms with Crippen LogP contribution in [-0.4, -0.2) is 30.1 Å². The highest BCUT2D eigenvalue weighted by molar-refractivity contribution is 5.68. The molecule has 5 heteroatoms. The van der Waals surface area contributed by atoms with Crippen LogP contribution in [-0.2, 0) is 6.42 Å². The lowest BCUT2D eigenvalue weighted by atomic mass is 10.2. The molecular formula is C17H19N3O2. The highest BCUT2D eigenvalue weighted by Crippen LogP contribution is 2.30. The van der Waals surface area contributed by atoms with Crippen LogP contribution in [0.4, 0.5) is 0 Å². The summed E-state index contributed by atoms with van der Waals surface area (Å²) >= 11 is 0. The maximum absolute atomic E-state index is 5.70. The molecule has 0 aliphatic rings. The molecule has 0 bridgehead atoms. The first-order chi connectivity index (χ1) is 10.8. The Hall–Kier alpha value is -2.53. The number of hydrogen-bond acceptors (Lipinski definition) is 4. The molecule has 22 heavy (non-hydrogen) atoms. The maximum atomic E-state index is 5.70. The molecule has 0 unspecified atom stereocenters. The Morgan fingerprint density at radius 3 is 2.45 bits per heavy atom. The van der Waals surface area contributed by atoms with E-state index in [0.29, 0.717) is 6.54 Å². The summed E-state index contributed by atoms with van der Waals surface area (Å²) in [5, 5.41) is 0. The number of ether oxygens (including phenoxy) is 2. The minimum absolute atomic E-state index is 0.572. The van der Waals surface area contributed by atoms with Crippen LogP contribution in [0.5, 0.6) is 11.5 Å². The molecule has 0 saturated heterocycles. The van der Waals surface area contributed by atoms with Gasteiger partial charge in [-0.1, -0.05) is 6.07 Å². The molecule has 0 aliphatic heterocycles. The Kier molecular flexibility index (Phi) is 3.98. The molecule has 5 nitrogen and oxygen atoms in total. The molecule has 0 radical (unpaired) electrons. The van der Waals surface area contributed by atoms with Gasteiger partial charge < -0.3 is 15.2 Å². The van der Waals surface area contributed by atoms with E-state index in [-0.39, 0.29) is 0 Å². The molecule has 2 aromatic heterocycles. The van der Waals surface area contributed by atoms with Crippen LogP contribution in [0.3, 0.4) is 0 Å². The van der Waals surface area contributed by atoms with E-state index in [0.717, 1.165) is 40.5 Å². The molecule has 114 valence electrons. The van der Waals surface area contributed by atoms with Crippen LogP contribution in [0.1, 0.15) is 5.69 Å². The zero-order valence-corrected chi connectivity index (χ0v) is 12.7. The fourth-order valence-corrected chi connectivity index (χ4v) is 2.56. The van der Waals surface area contributed by atoms with Crippen LogP contribution in [0.2, 0.25) is 0 Å². The molecule has 0 spiro atoms. The Bertz CT molecular complexity index is 773. The van der Waals surface area contributed by atoms with Crippen molar-refractivity contribution in [2.24, 2.45) is 5.73 Å².